The molecule has 1 heteroatoms. The van der Waals surface area contributed by atoms with Crippen LogP contribution >= 0.6 is 12.6 Å². The zero-order valence-electron chi connectivity index (χ0n) is 8.46. The van der Waals surface area contributed by atoms with Crippen LogP contribution in [0.3, 0.4) is 0 Å². The molecular weight excluding hydrogens is 176 g/mol. The van der Waals surface area contributed by atoms with Crippen LogP contribution in [-0.2, 0) is 0 Å². The molecule has 0 N–H and O–H groups in total. The van der Waals surface area contributed by atoms with Crippen molar-refractivity contribution in [3.8, 4) is 0 Å². The number of benzene rings is 1. The van der Waals surface area contributed by atoms with Crippen LogP contribution in [-0.4, -0.2) is 0 Å². The van der Waals surface area contributed by atoms with Gasteiger partial charge in [0.05, 0.1) is 0 Å². The molecule has 0 saturated carbocycles. The van der Waals surface area contributed by atoms with Gasteiger partial charge in [-0.05, 0) is 24.0 Å². The average molecular weight is 194 g/mol. The van der Waals surface area contributed by atoms with Crippen LogP contribution in [0.2, 0.25) is 0 Å². The minimum Gasteiger partial charge on any atom is -0.143 e. The highest BCUT2D eigenvalue weighted by molar-refractivity contribution is 7.80. The van der Waals surface area contributed by atoms with Gasteiger partial charge < -0.3 is 0 Å². The van der Waals surface area contributed by atoms with E-state index in [0.29, 0.717) is 5.92 Å². The highest BCUT2D eigenvalue weighted by Crippen LogP contribution is 2.26. The molecular formula is C12H18S. The van der Waals surface area contributed by atoms with Gasteiger partial charge in [-0.3, -0.25) is 0 Å². The summed E-state index contributed by atoms with van der Waals surface area (Å²) in [5, 5.41) is 0. The van der Waals surface area contributed by atoms with E-state index in [4.69, 9.17) is 0 Å². The van der Waals surface area contributed by atoms with Gasteiger partial charge in [0.25, 0.3) is 0 Å². The molecule has 0 spiro atoms. The molecule has 0 radical (unpaired) electrons. The van der Waals surface area contributed by atoms with Crippen LogP contribution in [0.15, 0.2) is 29.2 Å². The maximum atomic E-state index is 4.46. The summed E-state index contributed by atoms with van der Waals surface area (Å²) < 4.78 is 0. The van der Waals surface area contributed by atoms with E-state index in [1.807, 2.05) is 6.07 Å². The number of rotatable bonds is 4. The molecule has 0 aliphatic heterocycles. The Bertz CT molecular complexity index is 255. The third-order valence-corrected chi connectivity index (χ3v) is 2.87. The summed E-state index contributed by atoms with van der Waals surface area (Å²) >= 11 is 4.46. The second-order valence-electron chi connectivity index (χ2n) is 3.60. The molecule has 1 aromatic carbocycles. The van der Waals surface area contributed by atoms with E-state index >= 15 is 0 Å². The zero-order chi connectivity index (χ0) is 9.68. The largest absolute Gasteiger partial charge is 0.143 e. The molecule has 1 rings (SSSR count). The normalized spacial score (nSPS) is 12.8. The van der Waals surface area contributed by atoms with Crippen LogP contribution in [0.5, 0.6) is 0 Å². The van der Waals surface area contributed by atoms with Crippen LogP contribution in [0, 0.1) is 0 Å². The Morgan fingerprint density at radius 1 is 1.31 bits per heavy atom. The van der Waals surface area contributed by atoms with Gasteiger partial charge in [-0.15, -0.1) is 12.6 Å². The molecule has 0 aromatic heterocycles. The van der Waals surface area contributed by atoms with Gasteiger partial charge in [0.2, 0.25) is 0 Å². The molecule has 0 saturated heterocycles. The maximum absolute atomic E-state index is 4.46. The number of hydrogen-bond donors (Lipinski definition) is 1. The Morgan fingerprint density at radius 2 is 2.00 bits per heavy atom. The first-order valence-corrected chi connectivity index (χ1v) is 5.48. The summed E-state index contributed by atoms with van der Waals surface area (Å²) in [5.74, 6) is 0.647. The fourth-order valence-corrected chi connectivity index (χ4v) is 1.95. The van der Waals surface area contributed by atoms with Crippen LogP contribution in [0.1, 0.15) is 44.6 Å². The van der Waals surface area contributed by atoms with E-state index in [1.165, 1.54) is 24.8 Å². The van der Waals surface area contributed by atoms with Crippen molar-refractivity contribution in [3.63, 3.8) is 0 Å². The van der Waals surface area contributed by atoms with E-state index < -0.39 is 0 Å². The minimum atomic E-state index is 0.647. The Morgan fingerprint density at radius 3 is 2.62 bits per heavy atom. The quantitative estimate of drug-likeness (QED) is 0.680. The van der Waals surface area contributed by atoms with Crippen LogP contribution in [0.4, 0.5) is 0 Å². The molecule has 1 atom stereocenters. The predicted molar refractivity (Wildman–Crippen MR) is 61.6 cm³/mol. The van der Waals surface area contributed by atoms with Gasteiger partial charge in [-0.1, -0.05) is 44.9 Å². The van der Waals surface area contributed by atoms with E-state index in [-0.39, 0.29) is 0 Å². The van der Waals surface area contributed by atoms with Crippen molar-refractivity contribution < 1.29 is 0 Å². The Kier molecular flexibility index (Phi) is 4.37. The second kappa shape index (κ2) is 5.33. The van der Waals surface area contributed by atoms with Crippen LogP contribution < -0.4 is 0 Å². The van der Waals surface area contributed by atoms with Crippen molar-refractivity contribution in [3.05, 3.63) is 29.8 Å². The first-order valence-electron chi connectivity index (χ1n) is 5.03. The Hall–Kier alpha value is -0.430. The Labute approximate surface area is 86.8 Å². The second-order valence-corrected chi connectivity index (χ2v) is 4.08. The smallest absolute Gasteiger partial charge is 0.00747 e. The van der Waals surface area contributed by atoms with Crippen molar-refractivity contribution in [1.82, 2.24) is 0 Å². The molecule has 0 aliphatic rings. The summed E-state index contributed by atoms with van der Waals surface area (Å²) in [7, 11) is 0. The van der Waals surface area contributed by atoms with Gasteiger partial charge >= 0.3 is 0 Å². The average Bonchev–Trinajstić information content (AvgIpc) is 2.15. The lowest BCUT2D eigenvalue weighted by Gasteiger charge is -2.12. The van der Waals surface area contributed by atoms with Gasteiger partial charge in [-0.25, -0.2) is 0 Å². The van der Waals surface area contributed by atoms with Gasteiger partial charge in [0.15, 0.2) is 0 Å². The zero-order valence-corrected chi connectivity index (χ0v) is 9.35. The topological polar surface area (TPSA) is 0 Å². The number of thiol groups is 1. The summed E-state index contributed by atoms with van der Waals surface area (Å²) in [6, 6.07) is 8.39. The Balaban J connectivity index is 2.65. The monoisotopic (exact) mass is 194 g/mol. The van der Waals surface area contributed by atoms with Crippen molar-refractivity contribution in [2.75, 3.05) is 0 Å². The molecule has 0 nitrogen and oxygen atoms in total. The number of unbranched alkanes of at least 4 members (excludes halogenated alkanes) is 1. The third-order valence-electron chi connectivity index (χ3n) is 2.46. The summed E-state index contributed by atoms with van der Waals surface area (Å²) in [4.78, 5) is 1.13. The molecule has 1 aromatic rings. The van der Waals surface area contributed by atoms with Crippen molar-refractivity contribution in [2.24, 2.45) is 0 Å². The highest BCUT2D eigenvalue weighted by Gasteiger charge is 2.06. The molecule has 1 unspecified atom stereocenters. The molecule has 0 aliphatic carbocycles. The highest BCUT2D eigenvalue weighted by atomic mass is 32.1. The maximum Gasteiger partial charge on any atom is 0.00747 e. The fourth-order valence-electron chi connectivity index (χ4n) is 1.57. The van der Waals surface area contributed by atoms with Crippen molar-refractivity contribution >= 4 is 12.6 Å². The van der Waals surface area contributed by atoms with Crippen LogP contribution in [0.25, 0.3) is 0 Å². The lowest BCUT2D eigenvalue weighted by molar-refractivity contribution is 0.617. The van der Waals surface area contributed by atoms with Crippen molar-refractivity contribution in [2.45, 2.75) is 43.9 Å². The SMILES string of the molecule is CCCCC(C)c1ccccc1S. The standard InChI is InChI=1S/C12H18S/c1-3-4-7-10(2)11-8-5-6-9-12(11)13/h5-6,8-10,13H,3-4,7H2,1-2H3. The van der Waals surface area contributed by atoms with Gasteiger partial charge in [0.1, 0.15) is 0 Å². The van der Waals surface area contributed by atoms with Crippen molar-refractivity contribution in [1.29, 1.82) is 0 Å². The first-order chi connectivity index (χ1) is 6.25. The molecule has 72 valence electrons. The van der Waals surface area contributed by atoms with E-state index in [9.17, 15) is 0 Å². The van der Waals surface area contributed by atoms with E-state index in [1.54, 1.807) is 0 Å². The van der Waals surface area contributed by atoms with E-state index in [0.717, 1.165) is 4.90 Å². The van der Waals surface area contributed by atoms with Gasteiger partial charge in [0, 0.05) is 4.90 Å². The lowest BCUT2D eigenvalue weighted by atomic mass is 9.96. The molecule has 0 amide bonds. The minimum absolute atomic E-state index is 0.647. The summed E-state index contributed by atoms with van der Waals surface area (Å²) in [6.07, 6.45) is 3.86. The third kappa shape index (κ3) is 3.07. The van der Waals surface area contributed by atoms with Gasteiger partial charge in [-0.2, -0.15) is 0 Å². The number of hydrogen-bond acceptors (Lipinski definition) is 1. The predicted octanol–water partition coefficient (Wildman–Crippen LogP) is 4.27. The lowest BCUT2D eigenvalue weighted by Crippen LogP contribution is -1.94. The molecule has 0 heterocycles. The summed E-state index contributed by atoms with van der Waals surface area (Å²) in [6.45, 7) is 4.52. The molecule has 0 fully saturated rings. The molecule has 13 heavy (non-hydrogen) atoms. The first kappa shape index (κ1) is 10.6. The van der Waals surface area contributed by atoms with E-state index in [2.05, 4.69) is 44.7 Å². The molecule has 0 bridgehead atoms. The fraction of sp³-hybridized carbons (Fsp3) is 0.500. The summed E-state index contributed by atoms with van der Waals surface area (Å²) in [5.41, 5.74) is 1.39.